The molecule has 1 N–H and O–H groups in total. The maximum absolute atomic E-state index is 11.0. The van der Waals surface area contributed by atoms with Gasteiger partial charge in [0.15, 0.2) is 5.69 Å². The van der Waals surface area contributed by atoms with Crippen LogP contribution < -0.4 is 0 Å². The Bertz CT molecular complexity index is 389. The molecule has 1 aliphatic carbocycles. The summed E-state index contributed by atoms with van der Waals surface area (Å²) < 4.78 is 0. The van der Waals surface area contributed by atoms with E-state index in [1.165, 1.54) is 6.33 Å². The number of aromatic nitrogens is 2. The Morgan fingerprint density at radius 3 is 2.67 bits per heavy atom. The van der Waals surface area contributed by atoms with Crippen LogP contribution in [-0.2, 0) is 0 Å². The molecule has 0 aliphatic heterocycles. The van der Waals surface area contributed by atoms with Crippen LogP contribution in [0.3, 0.4) is 0 Å². The van der Waals surface area contributed by atoms with Crippen molar-refractivity contribution in [1.29, 1.82) is 0 Å². The van der Waals surface area contributed by atoms with Gasteiger partial charge < -0.3 is 5.11 Å². The number of hydrogen-bond acceptors (Lipinski definition) is 3. The van der Waals surface area contributed by atoms with Crippen LogP contribution in [0.2, 0.25) is 5.15 Å². The van der Waals surface area contributed by atoms with Gasteiger partial charge in [-0.25, -0.2) is 14.8 Å². The van der Waals surface area contributed by atoms with E-state index in [1.807, 2.05) is 0 Å². The molecule has 0 radical (unpaired) electrons. The fourth-order valence-corrected chi connectivity index (χ4v) is 2.41. The zero-order valence-electron chi connectivity index (χ0n) is 8.11. The molecule has 1 heterocycles. The molecular formula is C10H11ClN2O2. The Hall–Kier alpha value is -1.16. The van der Waals surface area contributed by atoms with Crippen molar-refractivity contribution in [3.8, 4) is 0 Å². The fraction of sp³-hybridized carbons (Fsp3) is 0.500. The van der Waals surface area contributed by atoms with E-state index in [1.54, 1.807) is 0 Å². The summed E-state index contributed by atoms with van der Waals surface area (Å²) in [5.74, 6) is -0.814. The Morgan fingerprint density at radius 1 is 1.40 bits per heavy atom. The first-order valence-electron chi connectivity index (χ1n) is 4.94. The molecule has 1 fully saturated rings. The second kappa shape index (κ2) is 4.14. The quantitative estimate of drug-likeness (QED) is 0.787. The number of carbonyl (C=O) groups is 1. The molecule has 15 heavy (non-hydrogen) atoms. The van der Waals surface area contributed by atoms with Gasteiger partial charge in [0.2, 0.25) is 0 Å². The highest BCUT2D eigenvalue weighted by molar-refractivity contribution is 6.30. The van der Waals surface area contributed by atoms with Gasteiger partial charge in [0.1, 0.15) is 11.5 Å². The standard InChI is InChI=1S/C10H11ClN2O2/c11-9-7(6-3-1-2-4-6)8(10(14)15)12-5-13-9/h5-6H,1-4H2,(H,14,15). The third kappa shape index (κ3) is 1.95. The van der Waals surface area contributed by atoms with Gasteiger partial charge in [-0.05, 0) is 18.8 Å². The maximum atomic E-state index is 11.0. The Balaban J connectivity index is 2.46. The highest BCUT2D eigenvalue weighted by Crippen LogP contribution is 2.37. The SMILES string of the molecule is O=C(O)c1ncnc(Cl)c1C1CCCC1. The number of nitrogens with zero attached hydrogens (tertiary/aromatic N) is 2. The van der Waals surface area contributed by atoms with Gasteiger partial charge in [0.25, 0.3) is 0 Å². The number of aromatic carboxylic acids is 1. The van der Waals surface area contributed by atoms with Gasteiger partial charge in [-0.15, -0.1) is 0 Å². The minimum atomic E-state index is -1.03. The van der Waals surface area contributed by atoms with Crippen LogP contribution in [0.1, 0.15) is 47.7 Å². The van der Waals surface area contributed by atoms with Crippen molar-refractivity contribution in [2.24, 2.45) is 0 Å². The third-order valence-corrected chi connectivity index (χ3v) is 3.10. The van der Waals surface area contributed by atoms with Crippen molar-refractivity contribution >= 4 is 17.6 Å². The van der Waals surface area contributed by atoms with Crippen molar-refractivity contribution in [3.63, 3.8) is 0 Å². The van der Waals surface area contributed by atoms with Crippen LogP contribution in [0.4, 0.5) is 0 Å². The second-order valence-corrected chi connectivity index (χ2v) is 4.07. The van der Waals surface area contributed by atoms with E-state index in [-0.39, 0.29) is 16.8 Å². The van der Waals surface area contributed by atoms with Crippen LogP contribution in [0.15, 0.2) is 6.33 Å². The summed E-state index contributed by atoms with van der Waals surface area (Å²) in [5.41, 5.74) is 0.672. The van der Waals surface area contributed by atoms with Crippen LogP contribution >= 0.6 is 11.6 Å². The molecule has 0 aromatic carbocycles. The lowest BCUT2D eigenvalue weighted by Gasteiger charge is -2.12. The topological polar surface area (TPSA) is 63.1 Å². The van der Waals surface area contributed by atoms with Crippen molar-refractivity contribution in [2.75, 3.05) is 0 Å². The maximum Gasteiger partial charge on any atom is 0.354 e. The predicted octanol–water partition coefficient (Wildman–Crippen LogP) is 2.49. The molecule has 1 aromatic heterocycles. The first-order chi connectivity index (χ1) is 7.20. The summed E-state index contributed by atoms with van der Waals surface area (Å²) >= 11 is 5.94. The molecule has 0 saturated heterocycles. The van der Waals surface area contributed by atoms with Crippen molar-refractivity contribution in [2.45, 2.75) is 31.6 Å². The lowest BCUT2D eigenvalue weighted by molar-refractivity contribution is 0.0688. The molecule has 5 heteroatoms. The van der Waals surface area contributed by atoms with Gasteiger partial charge in [-0.2, -0.15) is 0 Å². The molecule has 4 nitrogen and oxygen atoms in total. The van der Waals surface area contributed by atoms with Crippen molar-refractivity contribution < 1.29 is 9.90 Å². The minimum absolute atomic E-state index is 0.0573. The Labute approximate surface area is 92.3 Å². The summed E-state index contributed by atoms with van der Waals surface area (Å²) in [4.78, 5) is 18.6. The largest absolute Gasteiger partial charge is 0.476 e. The van der Waals surface area contributed by atoms with Crippen molar-refractivity contribution in [1.82, 2.24) is 9.97 Å². The normalized spacial score (nSPS) is 16.9. The number of rotatable bonds is 2. The molecule has 0 spiro atoms. The van der Waals surface area contributed by atoms with Gasteiger partial charge in [-0.3, -0.25) is 0 Å². The van der Waals surface area contributed by atoms with Crippen LogP contribution in [-0.4, -0.2) is 21.0 Å². The number of carboxylic acids is 1. The third-order valence-electron chi connectivity index (χ3n) is 2.80. The molecular weight excluding hydrogens is 216 g/mol. The first kappa shape index (κ1) is 10.4. The molecule has 80 valence electrons. The lowest BCUT2D eigenvalue weighted by atomic mass is 9.97. The monoisotopic (exact) mass is 226 g/mol. The molecule has 0 amide bonds. The summed E-state index contributed by atoms with van der Waals surface area (Å²) in [7, 11) is 0. The summed E-state index contributed by atoms with van der Waals surface area (Å²) in [6.45, 7) is 0. The van der Waals surface area contributed by atoms with E-state index >= 15 is 0 Å². The number of carboxylic acid groups (broad SMARTS) is 1. The number of halogens is 1. The van der Waals surface area contributed by atoms with E-state index in [0.29, 0.717) is 5.56 Å². The first-order valence-corrected chi connectivity index (χ1v) is 5.31. The Morgan fingerprint density at radius 2 is 2.07 bits per heavy atom. The van der Waals surface area contributed by atoms with Crippen LogP contribution in [0, 0.1) is 0 Å². The predicted molar refractivity (Wildman–Crippen MR) is 55.2 cm³/mol. The summed E-state index contributed by atoms with van der Waals surface area (Å²) in [6.07, 6.45) is 5.40. The zero-order chi connectivity index (χ0) is 10.8. The average molecular weight is 227 g/mol. The average Bonchev–Trinajstić information content (AvgIpc) is 2.70. The van der Waals surface area contributed by atoms with Gasteiger partial charge >= 0.3 is 5.97 Å². The zero-order valence-corrected chi connectivity index (χ0v) is 8.87. The lowest BCUT2D eigenvalue weighted by Crippen LogP contribution is -2.10. The van der Waals surface area contributed by atoms with Gasteiger partial charge in [0, 0.05) is 5.56 Å². The van der Waals surface area contributed by atoms with E-state index in [2.05, 4.69) is 9.97 Å². The van der Waals surface area contributed by atoms with Gasteiger partial charge in [-0.1, -0.05) is 24.4 Å². The molecule has 0 unspecified atom stereocenters. The molecule has 0 bridgehead atoms. The van der Waals surface area contributed by atoms with E-state index in [0.717, 1.165) is 25.7 Å². The minimum Gasteiger partial charge on any atom is -0.476 e. The van der Waals surface area contributed by atoms with Gasteiger partial charge in [0.05, 0.1) is 0 Å². The van der Waals surface area contributed by atoms with Crippen LogP contribution in [0.25, 0.3) is 0 Å². The van der Waals surface area contributed by atoms with Crippen molar-refractivity contribution in [3.05, 3.63) is 22.7 Å². The summed E-state index contributed by atoms with van der Waals surface area (Å²) in [6, 6.07) is 0. The van der Waals surface area contributed by atoms with Crippen LogP contribution in [0.5, 0.6) is 0 Å². The number of hydrogen-bond donors (Lipinski definition) is 1. The fourth-order valence-electron chi connectivity index (χ4n) is 2.12. The Kier molecular flexibility index (Phi) is 2.86. The smallest absolute Gasteiger partial charge is 0.354 e. The van der Waals surface area contributed by atoms with E-state index in [4.69, 9.17) is 16.7 Å². The second-order valence-electron chi connectivity index (χ2n) is 3.71. The van der Waals surface area contributed by atoms with E-state index in [9.17, 15) is 4.79 Å². The summed E-state index contributed by atoms with van der Waals surface area (Å²) in [5, 5.41) is 9.29. The highest BCUT2D eigenvalue weighted by Gasteiger charge is 2.26. The molecule has 1 aliphatic rings. The molecule has 1 aromatic rings. The molecule has 0 atom stereocenters. The molecule has 2 rings (SSSR count). The molecule has 1 saturated carbocycles. The van der Waals surface area contributed by atoms with E-state index < -0.39 is 5.97 Å². The highest BCUT2D eigenvalue weighted by atomic mass is 35.5.